The lowest BCUT2D eigenvalue weighted by Gasteiger charge is -2.56. The topological polar surface area (TPSA) is 127 Å². The summed E-state index contributed by atoms with van der Waals surface area (Å²) in [6, 6.07) is 0. The van der Waals surface area contributed by atoms with Gasteiger partial charge in [0.2, 0.25) is 0 Å². The van der Waals surface area contributed by atoms with Crippen LogP contribution in [-0.2, 0) is 9.53 Å². The van der Waals surface area contributed by atoms with Gasteiger partial charge in [-0.1, -0.05) is 27.7 Å². The second kappa shape index (κ2) is 9.23. The highest BCUT2D eigenvalue weighted by molar-refractivity contribution is 5.74. The fourth-order valence-corrected chi connectivity index (χ4v) is 8.96. The van der Waals surface area contributed by atoms with E-state index in [4.69, 9.17) is 4.74 Å². The number of aliphatic hydroxyl groups is 5. The molecule has 4 fully saturated rings. The number of hydrogen-bond donors (Lipinski definition) is 5. The standard InChI is InChI=1S/C28H48O7/c1-14(23(31)24(32)15(2)26(3,4)34)17-7-8-18-16-13-35-25(33)20-11-21(29)22(30)12-28(20,6)19(16)9-10-27(17,18)5/h14-24,29-32,34H,7-13H2,1-6H3/t14-,15+,16-,17+,18-,19-,20+,21-,22+,23+,24+,27+,28+/m0/s1. The smallest absolute Gasteiger partial charge is 0.309 e. The average Bonchev–Trinajstić information content (AvgIpc) is 3.09. The van der Waals surface area contributed by atoms with Crippen LogP contribution in [0.25, 0.3) is 0 Å². The van der Waals surface area contributed by atoms with Gasteiger partial charge in [-0.15, -0.1) is 0 Å². The molecule has 0 unspecified atom stereocenters. The van der Waals surface area contributed by atoms with Gasteiger partial charge in [-0.3, -0.25) is 4.79 Å². The van der Waals surface area contributed by atoms with Crippen molar-refractivity contribution in [1.82, 2.24) is 0 Å². The highest BCUT2D eigenvalue weighted by atomic mass is 16.5. The Morgan fingerprint density at radius 2 is 1.60 bits per heavy atom. The van der Waals surface area contributed by atoms with Crippen LogP contribution in [0.2, 0.25) is 0 Å². The van der Waals surface area contributed by atoms with Crippen LogP contribution in [0.4, 0.5) is 0 Å². The Hall–Kier alpha value is -0.730. The van der Waals surface area contributed by atoms with E-state index in [0.717, 1.165) is 25.7 Å². The molecule has 0 aromatic carbocycles. The molecule has 0 aromatic rings. The molecular weight excluding hydrogens is 448 g/mol. The maximum atomic E-state index is 13.0. The van der Waals surface area contributed by atoms with Crippen molar-refractivity contribution in [3.63, 3.8) is 0 Å². The molecule has 0 aromatic heterocycles. The van der Waals surface area contributed by atoms with Crippen LogP contribution >= 0.6 is 0 Å². The lowest BCUT2D eigenvalue weighted by molar-refractivity contribution is -0.162. The van der Waals surface area contributed by atoms with E-state index < -0.39 is 47.3 Å². The molecule has 3 saturated carbocycles. The van der Waals surface area contributed by atoms with Crippen LogP contribution < -0.4 is 0 Å². The fourth-order valence-electron chi connectivity index (χ4n) is 8.96. The second-order valence-corrected chi connectivity index (χ2v) is 13.7. The Kier molecular flexibility index (Phi) is 7.20. The molecule has 7 heteroatoms. The third-order valence-electron chi connectivity index (χ3n) is 11.6. The number of esters is 1. The van der Waals surface area contributed by atoms with Crippen molar-refractivity contribution in [3.8, 4) is 0 Å². The Morgan fingerprint density at radius 1 is 0.971 bits per heavy atom. The van der Waals surface area contributed by atoms with Gasteiger partial charge in [0, 0.05) is 5.92 Å². The Labute approximate surface area is 210 Å². The molecule has 7 nitrogen and oxygen atoms in total. The van der Waals surface area contributed by atoms with Gasteiger partial charge in [-0.25, -0.2) is 0 Å². The number of aliphatic hydroxyl groups excluding tert-OH is 4. The highest BCUT2D eigenvalue weighted by Gasteiger charge is 2.63. The summed E-state index contributed by atoms with van der Waals surface area (Å²) in [5.41, 5.74) is -1.54. The van der Waals surface area contributed by atoms with Crippen molar-refractivity contribution < 1.29 is 35.1 Å². The molecule has 13 atom stereocenters. The maximum Gasteiger partial charge on any atom is 0.309 e. The number of ether oxygens (including phenoxy) is 1. The van der Waals surface area contributed by atoms with Crippen molar-refractivity contribution >= 4 is 5.97 Å². The van der Waals surface area contributed by atoms with Crippen LogP contribution in [0.3, 0.4) is 0 Å². The minimum Gasteiger partial charge on any atom is -0.465 e. The van der Waals surface area contributed by atoms with E-state index in [1.807, 2.05) is 6.92 Å². The molecule has 0 spiro atoms. The normalized spacial score (nSPS) is 47.4. The summed E-state index contributed by atoms with van der Waals surface area (Å²) < 4.78 is 5.85. The largest absolute Gasteiger partial charge is 0.465 e. The summed E-state index contributed by atoms with van der Waals surface area (Å²) in [7, 11) is 0. The predicted molar refractivity (Wildman–Crippen MR) is 131 cm³/mol. The zero-order chi connectivity index (χ0) is 26.1. The van der Waals surface area contributed by atoms with Gasteiger partial charge in [0.05, 0.1) is 42.5 Å². The SMILES string of the molecule is C[C@H]([C@@H](O)[C@H](O)[C@@H](C)C(C)(C)O)[C@H]1CC[C@H]2[C@@H]3COC(=O)[C@H]4C[C@H](O)[C@H](O)C[C@]4(C)[C@H]3CC[C@]12C. The summed E-state index contributed by atoms with van der Waals surface area (Å²) in [4.78, 5) is 13.0. The summed E-state index contributed by atoms with van der Waals surface area (Å²) in [5, 5.41) is 53.3. The number of hydrogen-bond acceptors (Lipinski definition) is 7. The van der Waals surface area contributed by atoms with E-state index in [9.17, 15) is 30.3 Å². The van der Waals surface area contributed by atoms with E-state index in [1.165, 1.54) is 0 Å². The van der Waals surface area contributed by atoms with Crippen molar-refractivity contribution in [3.05, 3.63) is 0 Å². The van der Waals surface area contributed by atoms with Gasteiger partial charge in [-0.2, -0.15) is 0 Å². The molecule has 4 aliphatic rings. The summed E-state index contributed by atoms with van der Waals surface area (Å²) in [6.07, 6.45) is 0.837. The molecule has 3 aliphatic carbocycles. The van der Waals surface area contributed by atoms with Gasteiger partial charge in [0.25, 0.3) is 0 Å². The van der Waals surface area contributed by atoms with E-state index in [0.29, 0.717) is 18.9 Å². The predicted octanol–water partition coefficient (Wildman–Crippen LogP) is 2.50. The van der Waals surface area contributed by atoms with Gasteiger partial charge in [0.1, 0.15) is 0 Å². The van der Waals surface area contributed by atoms with E-state index >= 15 is 0 Å². The molecule has 5 N–H and O–H groups in total. The van der Waals surface area contributed by atoms with Crippen LogP contribution in [-0.4, -0.2) is 68.1 Å². The number of rotatable bonds is 5. The molecule has 1 aliphatic heterocycles. The van der Waals surface area contributed by atoms with E-state index in [2.05, 4.69) is 13.8 Å². The first-order chi connectivity index (χ1) is 16.1. The van der Waals surface area contributed by atoms with Crippen molar-refractivity contribution in [2.75, 3.05) is 6.61 Å². The first-order valence-corrected chi connectivity index (χ1v) is 13.7. The number of carbonyl (C=O) groups excluding carboxylic acids is 1. The van der Waals surface area contributed by atoms with Crippen LogP contribution in [0.1, 0.15) is 80.1 Å². The lowest BCUT2D eigenvalue weighted by atomic mass is 9.48. The van der Waals surface area contributed by atoms with Crippen LogP contribution in [0.15, 0.2) is 0 Å². The zero-order valence-corrected chi connectivity index (χ0v) is 22.4. The molecule has 1 saturated heterocycles. The molecule has 0 radical (unpaired) electrons. The summed E-state index contributed by atoms with van der Waals surface area (Å²) in [5.74, 6) is -0.265. The van der Waals surface area contributed by atoms with Crippen LogP contribution in [0.5, 0.6) is 0 Å². The maximum absolute atomic E-state index is 13.0. The van der Waals surface area contributed by atoms with Gasteiger partial charge >= 0.3 is 5.97 Å². The minimum absolute atomic E-state index is 0.0470. The molecule has 4 rings (SSSR count). The van der Waals surface area contributed by atoms with Gasteiger partial charge < -0.3 is 30.3 Å². The summed E-state index contributed by atoms with van der Waals surface area (Å²) >= 11 is 0. The first-order valence-electron chi connectivity index (χ1n) is 13.7. The zero-order valence-electron chi connectivity index (χ0n) is 22.4. The molecular formula is C28H48O7. The van der Waals surface area contributed by atoms with Crippen molar-refractivity contribution in [2.24, 2.45) is 52.3 Å². The van der Waals surface area contributed by atoms with Crippen molar-refractivity contribution in [1.29, 1.82) is 0 Å². The van der Waals surface area contributed by atoms with Gasteiger partial charge in [-0.05, 0) is 92.8 Å². The van der Waals surface area contributed by atoms with Crippen molar-refractivity contribution in [2.45, 2.75) is 110 Å². The minimum atomic E-state index is -1.09. The second-order valence-electron chi connectivity index (χ2n) is 13.7. The fraction of sp³-hybridized carbons (Fsp3) is 0.964. The molecule has 0 amide bonds. The number of cyclic esters (lactones) is 1. The number of carbonyl (C=O) groups is 1. The highest BCUT2D eigenvalue weighted by Crippen LogP contribution is 2.66. The Morgan fingerprint density at radius 3 is 2.23 bits per heavy atom. The first kappa shape index (κ1) is 27.3. The third-order valence-corrected chi connectivity index (χ3v) is 11.6. The van der Waals surface area contributed by atoms with E-state index in [-0.39, 0.29) is 41.5 Å². The monoisotopic (exact) mass is 496 g/mol. The molecule has 1 heterocycles. The molecule has 35 heavy (non-hydrogen) atoms. The third kappa shape index (κ3) is 4.37. The van der Waals surface area contributed by atoms with Gasteiger partial charge in [0.15, 0.2) is 0 Å². The number of fused-ring (bicyclic) bond motifs is 5. The Balaban J connectivity index is 1.57. The summed E-state index contributed by atoms with van der Waals surface area (Å²) in [6.45, 7) is 11.9. The molecule has 0 bridgehead atoms. The molecule has 202 valence electrons. The lowest BCUT2D eigenvalue weighted by Crippen LogP contribution is -2.55. The van der Waals surface area contributed by atoms with E-state index in [1.54, 1.807) is 20.8 Å². The quantitative estimate of drug-likeness (QED) is 0.370. The van der Waals surface area contributed by atoms with Crippen LogP contribution in [0, 0.1) is 52.3 Å². The average molecular weight is 497 g/mol. The Bertz CT molecular complexity index is 795.